The first-order valence-electron chi connectivity index (χ1n) is 8.69. The Balaban J connectivity index is 1.72. The number of hydrogen-bond donors (Lipinski definition) is 1. The van der Waals surface area contributed by atoms with Gasteiger partial charge < -0.3 is 10.2 Å². The minimum atomic E-state index is -4.59. The first-order chi connectivity index (χ1) is 13.6. The van der Waals surface area contributed by atoms with E-state index >= 15 is 0 Å². The van der Waals surface area contributed by atoms with E-state index in [1.807, 2.05) is 0 Å². The van der Waals surface area contributed by atoms with Crippen LogP contribution in [0.2, 0.25) is 5.02 Å². The molecule has 1 fully saturated rings. The third kappa shape index (κ3) is 4.14. The van der Waals surface area contributed by atoms with Crippen LogP contribution in [0.4, 0.5) is 23.8 Å². The molecular formula is C19H18ClF3N4O2. The maximum absolute atomic E-state index is 13.0. The van der Waals surface area contributed by atoms with Crippen LogP contribution in [0.15, 0.2) is 36.5 Å². The van der Waals surface area contributed by atoms with Gasteiger partial charge in [-0.1, -0.05) is 29.8 Å². The molecule has 2 aromatic rings. The van der Waals surface area contributed by atoms with Gasteiger partial charge in [-0.25, -0.2) is 9.78 Å². The molecule has 1 aromatic heterocycles. The monoisotopic (exact) mass is 426 g/mol. The van der Waals surface area contributed by atoms with Gasteiger partial charge in [-0.2, -0.15) is 13.2 Å². The molecule has 10 heteroatoms. The van der Waals surface area contributed by atoms with Gasteiger partial charge >= 0.3 is 12.2 Å². The summed E-state index contributed by atoms with van der Waals surface area (Å²) in [4.78, 5) is 32.0. The summed E-state index contributed by atoms with van der Waals surface area (Å²) in [6, 6.07) is 5.87. The molecule has 0 spiro atoms. The summed E-state index contributed by atoms with van der Waals surface area (Å²) >= 11 is 5.86. The molecule has 3 rings (SSSR count). The van der Waals surface area contributed by atoms with Crippen molar-refractivity contribution < 1.29 is 22.8 Å². The number of benzene rings is 1. The zero-order chi connectivity index (χ0) is 21.3. The summed E-state index contributed by atoms with van der Waals surface area (Å²) in [6.45, 7) is 1.69. The number of hydrogen-bond acceptors (Lipinski definition) is 3. The number of urea groups is 1. The molecule has 2 heterocycles. The van der Waals surface area contributed by atoms with Crippen LogP contribution in [0.1, 0.15) is 16.7 Å². The molecule has 0 bridgehead atoms. The lowest BCUT2D eigenvalue weighted by Crippen LogP contribution is -2.43. The second kappa shape index (κ2) is 7.90. The van der Waals surface area contributed by atoms with E-state index in [-0.39, 0.29) is 24.7 Å². The average Bonchev–Trinajstić information content (AvgIpc) is 2.95. The van der Waals surface area contributed by atoms with Crippen LogP contribution < -0.4 is 10.2 Å². The van der Waals surface area contributed by atoms with Crippen molar-refractivity contribution in [1.82, 2.24) is 15.2 Å². The number of likely N-dealkylation sites (N-methyl/N-ethyl adjacent to an activating group) is 1. The fraction of sp³-hybridized carbons (Fsp3) is 0.316. The first kappa shape index (κ1) is 20.9. The van der Waals surface area contributed by atoms with Crippen molar-refractivity contribution in [3.05, 3.63) is 58.2 Å². The number of alkyl halides is 3. The van der Waals surface area contributed by atoms with Gasteiger partial charge in [-0.3, -0.25) is 9.69 Å². The largest absolute Gasteiger partial charge is 0.417 e. The molecule has 1 aliphatic rings. The normalized spacial score (nSPS) is 17.0. The van der Waals surface area contributed by atoms with E-state index in [9.17, 15) is 22.8 Å². The van der Waals surface area contributed by atoms with Crippen LogP contribution in [0.3, 0.4) is 0 Å². The molecule has 0 aliphatic carbocycles. The van der Waals surface area contributed by atoms with Gasteiger partial charge in [0.2, 0.25) is 5.91 Å². The Morgan fingerprint density at radius 1 is 1.31 bits per heavy atom. The van der Waals surface area contributed by atoms with Crippen LogP contribution in [0, 0.1) is 6.92 Å². The van der Waals surface area contributed by atoms with Crippen molar-refractivity contribution in [3.63, 3.8) is 0 Å². The van der Waals surface area contributed by atoms with Crippen molar-refractivity contribution in [2.75, 3.05) is 18.5 Å². The van der Waals surface area contributed by atoms with Crippen molar-refractivity contribution in [1.29, 1.82) is 0 Å². The molecule has 6 nitrogen and oxygen atoms in total. The number of pyridine rings is 1. The number of amides is 3. The fourth-order valence-electron chi connectivity index (χ4n) is 3.13. The Hall–Kier alpha value is -2.81. The molecule has 154 valence electrons. The summed E-state index contributed by atoms with van der Waals surface area (Å²) in [5, 5.41) is 2.11. The number of nitrogens with zero attached hydrogens (tertiary/aromatic N) is 3. The summed E-state index contributed by atoms with van der Waals surface area (Å²) < 4.78 is 38.9. The van der Waals surface area contributed by atoms with Gasteiger partial charge in [0.05, 0.1) is 17.1 Å². The van der Waals surface area contributed by atoms with Crippen LogP contribution >= 0.6 is 11.6 Å². The van der Waals surface area contributed by atoms with Gasteiger partial charge in [-0.15, -0.1) is 0 Å². The summed E-state index contributed by atoms with van der Waals surface area (Å²) in [5.41, 5.74) is -0.0406. The second-order valence-electron chi connectivity index (χ2n) is 6.66. The van der Waals surface area contributed by atoms with E-state index < -0.39 is 28.7 Å². The molecule has 0 saturated carbocycles. The van der Waals surface area contributed by atoms with Crippen molar-refractivity contribution in [2.24, 2.45) is 0 Å². The third-order valence-electron chi connectivity index (χ3n) is 4.73. The maximum Gasteiger partial charge on any atom is 0.417 e. The van der Waals surface area contributed by atoms with E-state index in [0.717, 1.165) is 11.6 Å². The van der Waals surface area contributed by atoms with Crippen molar-refractivity contribution in [2.45, 2.75) is 25.7 Å². The molecule has 0 unspecified atom stereocenters. The highest BCUT2D eigenvalue weighted by atomic mass is 35.5. The minimum Gasteiger partial charge on any atom is -0.350 e. The summed E-state index contributed by atoms with van der Waals surface area (Å²) in [6.07, 6.45) is -3.03. The van der Waals surface area contributed by atoms with E-state index in [1.54, 1.807) is 25.3 Å². The number of halogens is 4. The Morgan fingerprint density at radius 2 is 2.03 bits per heavy atom. The minimum absolute atomic E-state index is 0.0787. The molecule has 1 atom stereocenters. The third-order valence-corrected chi connectivity index (χ3v) is 5.18. The van der Waals surface area contributed by atoms with Crippen LogP contribution in [0.25, 0.3) is 0 Å². The van der Waals surface area contributed by atoms with Gasteiger partial charge in [0.15, 0.2) is 0 Å². The first-order valence-corrected chi connectivity index (χ1v) is 9.07. The highest BCUT2D eigenvalue weighted by Gasteiger charge is 2.41. The quantitative estimate of drug-likeness (QED) is 0.812. The maximum atomic E-state index is 13.0. The number of aryl methyl sites for hydroxylation is 1. The molecule has 1 saturated heterocycles. The fourth-order valence-corrected chi connectivity index (χ4v) is 3.43. The molecule has 1 aromatic carbocycles. The van der Waals surface area contributed by atoms with Gasteiger partial charge in [0.25, 0.3) is 0 Å². The molecule has 29 heavy (non-hydrogen) atoms. The van der Waals surface area contributed by atoms with Crippen LogP contribution in [-0.2, 0) is 17.5 Å². The number of carbonyl (C=O) groups excluding carboxylic acids is 2. The standard InChI is InChI=1S/C19H18ClF3N4O2/c1-11-5-4-8-24-16(11)27-10-14(26(2)18(27)29)17(28)25-9-12-6-3-7-13(15(12)20)19(21,22)23/h3-8,14H,9-10H2,1-2H3,(H,25,28)/t14-/m0/s1. The molecule has 3 amide bonds. The Kier molecular flexibility index (Phi) is 5.70. The van der Waals surface area contributed by atoms with Gasteiger partial charge in [-0.05, 0) is 30.2 Å². The SMILES string of the molecule is Cc1cccnc1N1C[C@@H](C(=O)NCc2cccc(C(F)(F)F)c2Cl)N(C)C1=O. The lowest BCUT2D eigenvalue weighted by atomic mass is 10.1. The molecular weight excluding hydrogens is 409 g/mol. The van der Waals surface area contributed by atoms with Crippen molar-refractivity contribution >= 4 is 29.4 Å². The number of rotatable bonds is 4. The van der Waals surface area contributed by atoms with Crippen LogP contribution in [0.5, 0.6) is 0 Å². The molecule has 1 N–H and O–H groups in total. The summed E-state index contributed by atoms with van der Waals surface area (Å²) in [7, 11) is 1.49. The Morgan fingerprint density at radius 3 is 2.69 bits per heavy atom. The van der Waals surface area contributed by atoms with E-state index in [4.69, 9.17) is 11.6 Å². The number of anilines is 1. The lowest BCUT2D eigenvalue weighted by Gasteiger charge is -2.18. The smallest absolute Gasteiger partial charge is 0.350 e. The van der Waals surface area contributed by atoms with E-state index in [2.05, 4.69) is 10.3 Å². The predicted octanol–water partition coefficient (Wildman–Crippen LogP) is 3.62. The van der Waals surface area contributed by atoms with Gasteiger partial charge in [0.1, 0.15) is 11.9 Å². The predicted molar refractivity (Wildman–Crippen MR) is 102 cm³/mol. The van der Waals surface area contributed by atoms with Gasteiger partial charge in [0, 0.05) is 19.8 Å². The lowest BCUT2D eigenvalue weighted by molar-refractivity contribution is -0.137. The highest BCUT2D eigenvalue weighted by molar-refractivity contribution is 6.32. The number of carbonyl (C=O) groups is 2. The number of nitrogens with one attached hydrogen (secondary N) is 1. The zero-order valence-electron chi connectivity index (χ0n) is 15.6. The average molecular weight is 427 g/mol. The topological polar surface area (TPSA) is 65.5 Å². The highest BCUT2D eigenvalue weighted by Crippen LogP contribution is 2.36. The zero-order valence-corrected chi connectivity index (χ0v) is 16.4. The van der Waals surface area contributed by atoms with Crippen molar-refractivity contribution in [3.8, 4) is 0 Å². The number of aromatic nitrogens is 1. The Labute approximate surface area is 170 Å². The van der Waals surface area contributed by atoms with E-state index in [0.29, 0.717) is 5.82 Å². The van der Waals surface area contributed by atoms with Crippen LogP contribution in [-0.4, -0.2) is 41.5 Å². The molecule has 1 aliphatic heterocycles. The Bertz CT molecular complexity index is 951. The second-order valence-corrected chi connectivity index (χ2v) is 7.04. The van der Waals surface area contributed by atoms with E-state index in [1.165, 1.54) is 29.0 Å². The molecule has 0 radical (unpaired) electrons. The summed E-state index contributed by atoms with van der Waals surface area (Å²) in [5.74, 6) is -0.0361.